The summed E-state index contributed by atoms with van der Waals surface area (Å²) >= 11 is 0. The van der Waals surface area contributed by atoms with Gasteiger partial charge in [-0.15, -0.1) is 0 Å². The highest BCUT2D eigenvalue weighted by Crippen LogP contribution is 2.32. The Morgan fingerprint density at radius 1 is 1.00 bits per heavy atom. The predicted octanol–water partition coefficient (Wildman–Crippen LogP) is 2.22. The van der Waals surface area contributed by atoms with Gasteiger partial charge in [-0.3, -0.25) is 4.79 Å². The number of sulfonamides is 1. The summed E-state index contributed by atoms with van der Waals surface area (Å²) in [6.07, 6.45) is 0.652. The lowest BCUT2D eigenvalue weighted by Gasteiger charge is -2.26. The molecule has 0 atom stereocenters. The van der Waals surface area contributed by atoms with Crippen LogP contribution in [0.25, 0.3) is 0 Å². The first-order valence-electron chi connectivity index (χ1n) is 9.06. The topological polar surface area (TPSA) is 66.9 Å². The smallest absolute Gasteiger partial charge is 0.258 e. The first-order valence-corrected chi connectivity index (χ1v) is 10.5. The van der Waals surface area contributed by atoms with E-state index >= 15 is 0 Å². The molecule has 1 amide bonds. The molecule has 2 aromatic rings. The van der Waals surface area contributed by atoms with Gasteiger partial charge in [0.1, 0.15) is 0 Å². The van der Waals surface area contributed by atoms with E-state index in [2.05, 4.69) is 0 Å². The molecule has 2 aliphatic heterocycles. The first kappa shape index (κ1) is 18.2. The van der Waals surface area contributed by atoms with Crippen molar-refractivity contribution in [3.05, 3.63) is 59.2 Å². The molecule has 0 unspecified atom stereocenters. The summed E-state index contributed by atoms with van der Waals surface area (Å²) in [5.41, 5.74) is 3.43. The van der Waals surface area contributed by atoms with Gasteiger partial charge in [0.25, 0.3) is 5.91 Å². The van der Waals surface area contributed by atoms with E-state index in [0.717, 1.165) is 16.8 Å². The van der Waals surface area contributed by atoms with Crippen LogP contribution in [0.2, 0.25) is 0 Å². The lowest BCUT2D eigenvalue weighted by molar-refractivity contribution is 0.0730. The first-order chi connectivity index (χ1) is 13.0. The van der Waals surface area contributed by atoms with Gasteiger partial charge < -0.3 is 9.64 Å². The summed E-state index contributed by atoms with van der Waals surface area (Å²) in [7, 11) is -3.53. The number of hydrogen-bond donors (Lipinski definition) is 0. The van der Waals surface area contributed by atoms with Crippen molar-refractivity contribution in [2.75, 3.05) is 37.7 Å². The van der Waals surface area contributed by atoms with Crippen LogP contribution in [0.15, 0.2) is 47.4 Å². The molecule has 1 fully saturated rings. The van der Waals surface area contributed by atoms with Gasteiger partial charge in [-0.05, 0) is 49.2 Å². The van der Waals surface area contributed by atoms with Crippen molar-refractivity contribution in [3.63, 3.8) is 0 Å². The number of aryl methyl sites for hydroxylation is 1. The summed E-state index contributed by atoms with van der Waals surface area (Å²) in [5.74, 6) is -0.0578. The third kappa shape index (κ3) is 3.38. The summed E-state index contributed by atoms with van der Waals surface area (Å²) < 4.78 is 32.4. The maximum absolute atomic E-state index is 12.8. The number of benzene rings is 2. The molecule has 2 aliphatic rings. The number of hydrogen-bond acceptors (Lipinski definition) is 4. The van der Waals surface area contributed by atoms with Crippen LogP contribution in [0, 0.1) is 6.92 Å². The maximum atomic E-state index is 12.8. The molecule has 4 rings (SSSR count). The van der Waals surface area contributed by atoms with Crippen LogP contribution in [0.5, 0.6) is 0 Å². The summed E-state index contributed by atoms with van der Waals surface area (Å²) in [4.78, 5) is 14.8. The molecule has 0 aliphatic carbocycles. The Kier molecular flexibility index (Phi) is 4.75. The van der Waals surface area contributed by atoms with Crippen LogP contribution < -0.4 is 4.90 Å². The molecule has 0 N–H and O–H groups in total. The third-order valence-corrected chi connectivity index (χ3v) is 6.99. The Balaban J connectivity index is 1.60. The van der Waals surface area contributed by atoms with Crippen molar-refractivity contribution >= 4 is 21.6 Å². The number of rotatable bonds is 3. The van der Waals surface area contributed by atoms with E-state index in [-0.39, 0.29) is 10.8 Å². The highest BCUT2D eigenvalue weighted by atomic mass is 32.2. The SMILES string of the molecule is Cc1ccc(C(=O)N2CCc3cc(S(=O)(=O)N4CCOCC4)ccc32)cc1. The number of fused-ring (bicyclic) bond motifs is 1. The van der Waals surface area contributed by atoms with Gasteiger partial charge in [-0.2, -0.15) is 4.31 Å². The second kappa shape index (κ2) is 7.07. The van der Waals surface area contributed by atoms with Gasteiger partial charge in [-0.25, -0.2) is 8.42 Å². The molecule has 27 heavy (non-hydrogen) atoms. The summed E-state index contributed by atoms with van der Waals surface area (Å²) in [6.45, 7) is 4.12. The zero-order chi connectivity index (χ0) is 19.0. The molecule has 7 heteroatoms. The Hall–Kier alpha value is -2.22. The van der Waals surface area contributed by atoms with E-state index in [0.29, 0.717) is 44.8 Å². The zero-order valence-corrected chi connectivity index (χ0v) is 16.0. The van der Waals surface area contributed by atoms with Crippen LogP contribution in [-0.4, -0.2) is 51.5 Å². The van der Waals surface area contributed by atoms with Crippen molar-refractivity contribution in [1.82, 2.24) is 4.31 Å². The van der Waals surface area contributed by atoms with E-state index in [1.54, 1.807) is 23.1 Å². The third-order valence-electron chi connectivity index (χ3n) is 5.10. The van der Waals surface area contributed by atoms with Gasteiger partial charge in [0, 0.05) is 30.9 Å². The molecular weight excluding hydrogens is 364 g/mol. The van der Waals surface area contributed by atoms with Crippen molar-refractivity contribution < 1.29 is 17.9 Å². The Labute approximate surface area is 159 Å². The van der Waals surface area contributed by atoms with E-state index in [1.807, 2.05) is 31.2 Å². The van der Waals surface area contributed by atoms with E-state index in [4.69, 9.17) is 4.74 Å². The lowest BCUT2D eigenvalue weighted by atomic mass is 10.1. The largest absolute Gasteiger partial charge is 0.379 e. The lowest BCUT2D eigenvalue weighted by Crippen LogP contribution is -2.40. The fourth-order valence-corrected chi connectivity index (χ4v) is 5.00. The van der Waals surface area contributed by atoms with Crippen LogP contribution >= 0.6 is 0 Å². The Morgan fingerprint density at radius 3 is 2.41 bits per heavy atom. The predicted molar refractivity (Wildman–Crippen MR) is 103 cm³/mol. The van der Waals surface area contributed by atoms with E-state index in [1.165, 1.54) is 4.31 Å². The van der Waals surface area contributed by atoms with Gasteiger partial charge in [0.05, 0.1) is 18.1 Å². The monoisotopic (exact) mass is 386 g/mol. The second-order valence-electron chi connectivity index (χ2n) is 6.88. The van der Waals surface area contributed by atoms with Crippen molar-refractivity contribution in [2.24, 2.45) is 0 Å². The number of amides is 1. The number of ether oxygens (including phenoxy) is 1. The fourth-order valence-electron chi connectivity index (χ4n) is 3.54. The number of carbonyl (C=O) groups is 1. The average molecular weight is 386 g/mol. The molecule has 0 radical (unpaired) electrons. The minimum atomic E-state index is -3.53. The standard InChI is InChI=1S/C20H22N2O4S/c1-15-2-4-16(5-3-15)20(23)22-9-8-17-14-18(6-7-19(17)22)27(24,25)21-10-12-26-13-11-21/h2-7,14H,8-13H2,1H3. The molecule has 1 saturated heterocycles. The normalized spacial score (nSPS) is 17.7. The van der Waals surface area contributed by atoms with Crippen LogP contribution in [0.1, 0.15) is 21.5 Å². The zero-order valence-electron chi connectivity index (χ0n) is 15.2. The average Bonchev–Trinajstić information content (AvgIpc) is 3.12. The molecule has 6 nitrogen and oxygen atoms in total. The minimum absolute atomic E-state index is 0.0578. The fraction of sp³-hybridized carbons (Fsp3) is 0.350. The molecular formula is C20H22N2O4S. The molecule has 2 heterocycles. The number of carbonyl (C=O) groups excluding carboxylic acids is 1. The number of anilines is 1. The molecule has 0 aromatic heterocycles. The van der Waals surface area contributed by atoms with Gasteiger partial charge in [-0.1, -0.05) is 17.7 Å². The quantitative estimate of drug-likeness (QED) is 0.811. The molecule has 0 bridgehead atoms. The van der Waals surface area contributed by atoms with Crippen LogP contribution in [-0.2, 0) is 21.2 Å². The number of nitrogens with zero attached hydrogens (tertiary/aromatic N) is 2. The molecule has 142 valence electrons. The van der Waals surface area contributed by atoms with E-state index < -0.39 is 10.0 Å². The van der Waals surface area contributed by atoms with Crippen molar-refractivity contribution in [1.29, 1.82) is 0 Å². The highest BCUT2D eigenvalue weighted by Gasteiger charge is 2.30. The van der Waals surface area contributed by atoms with Gasteiger partial charge in [0.2, 0.25) is 10.0 Å². The minimum Gasteiger partial charge on any atom is -0.379 e. The van der Waals surface area contributed by atoms with Crippen LogP contribution in [0.3, 0.4) is 0 Å². The van der Waals surface area contributed by atoms with Crippen LogP contribution in [0.4, 0.5) is 5.69 Å². The molecule has 0 saturated carbocycles. The summed E-state index contributed by atoms with van der Waals surface area (Å²) in [5, 5.41) is 0. The molecule has 2 aromatic carbocycles. The maximum Gasteiger partial charge on any atom is 0.258 e. The van der Waals surface area contributed by atoms with Crippen molar-refractivity contribution in [3.8, 4) is 0 Å². The van der Waals surface area contributed by atoms with Gasteiger partial charge in [0.15, 0.2) is 0 Å². The molecule has 0 spiro atoms. The Bertz CT molecular complexity index is 964. The van der Waals surface area contributed by atoms with Gasteiger partial charge >= 0.3 is 0 Å². The Morgan fingerprint density at radius 2 is 1.70 bits per heavy atom. The highest BCUT2D eigenvalue weighted by molar-refractivity contribution is 7.89. The van der Waals surface area contributed by atoms with Crippen molar-refractivity contribution in [2.45, 2.75) is 18.2 Å². The summed E-state index contributed by atoms with van der Waals surface area (Å²) in [6, 6.07) is 12.6. The number of morpholine rings is 1. The van der Waals surface area contributed by atoms with E-state index in [9.17, 15) is 13.2 Å². The second-order valence-corrected chi connectivity index (χ2v) is 8.82.